The molecule has 6 heteroatoms. The molecule has 1 heterocycles. The van der Waals surface area contributed by atoms with Crippen molar-refractivity contribution in [3.8, 4) is 17.1 Å². The molecule has 19 heavy (non-hydrogen) atoms. The minimum atomic E-state index is 0.540. The zero-order valence-electron chi connectivity index (χ0n) is 9.86. The topological polar surface area (TPSA) is 69.6 Å². The molecule has 0 spiro atoms. The summed E-state index contributed by atoms with van der Waals surface area (Å²) in [6, 6.07) is 14.9. The average Bonchev–Trinajstić information content (AvgIpc) is 2.91. The van der Waals surface area contributed by atoms with Crippen LogP contribution in [0.3, 0.4) is 0 Å². The first-order valence-corrected chi connectivity index (χ1v) is 6.03. The highest BCUT2D eigenvalue weighted by Crippen LogP contribution is 2.26. The Balaban J connectivity index is 2.18. The molecule has 0 aliphatic carbocycles. The van der Waals surface area contributed by atoms with Gasteiger partial charge in [-0.1, -0.05) is 41.9 Å². The van der Waals surface area contributed by atoms with Crippen molar-refractivity contribution in [1.82, 2.24) is 20.2 Å². The van der Waals surface area contributed by atoms with E-state index >= 15 is 0 Å². The van der Waals surface area contributed by atoms with Crippen LogP contribution >= 0.6 is 11.6 Å². The van der Waals surface area contributed by atoms with Crippen LogP contribution in [0, 0.1) is 0 Å². The van der Waals surface area contributed by atoms with Gasteiger partial charge in [0, 0.05) is 11.3 Å². The van der Waals surface area contributed by atoms with Crippen molar-refractivity contribution in [3.63, 3.8) is 0 Å². The van der Waals surface area contributed by atoms with Gasteiger partial charge in [-0.3, -0.25) is 0 Å². The first-order chi connectivity index (χ1) is 9.25. The van der Waals surface area contributed by atoms with Gasteiger partial charge in [0.05, 0.1) is 10.7 Å². The number of nitrogens with zero attached hydrogens (tertiary/aromatic N) is 4. The summed E-state index contributed by atoms with van der Waals surface area (Å²) in [4.78, 5) is 0. The molecule has 0 amide bonds. The fourth-order valence-corrected chi connectivity index (χ4v) is 2.01. The summed E-state index contributed by atoms with van der Waals surface area (Å²) >= 11 is 6.18. The van der Waals surface area contributed by atoms with E-state index in [2.05, 4.69) is 15.5 Å². The van der Waals surface area contributed by atoms with Crippen LogP contribution < -0.4 is 5.73 Å². The van der Waals surface area contributed by atoms with Gasteiger partial charge in [0.15, 0.2) is 5.82 Å². The number of aromatic nitrogens is 4. The minimum absolute atomic E-state index is 0.540. The molecule has 0 fully saturated rings. The van der Waals surface area contributed by atoms with Crippen LogP contribution in [-0.4, -0.2) is 20.2 Å². The molecule has 0 aliphatic rings. The normalized spacial score (nSPS) is 10.6. The predicted molar refractivity (Wildman–Crippen MR) is 74.0 cm³/mol. The van der Waals surface area contributed by atoms with Crippen LogP contribution in [0.2, 0.25) is 5.02 Å². The summed E-state index contributed by atoms with van der Waals surface area (Å²) in [5, 5.41) is 12.3. The van der Waals surface area contributed by atoms with Crippen molar-refractivity contribution in [2.75, 3.05) is 5.73 Å². The van der Waals surface area contributed by atoms with E-state index in [1.54, 1.807) is 22.9 Å². The Bertz CT molecular complexity index is 708. The Morgan fingerprint density at radius 2 is 1.84 bits per heavy atom. The summed E-state index contributed by atoms with van der Waals surface area (Å²) in [6.07, 6.45) is 0. The predicted octanol–water partition coefficient (Wildman–Crippen LogP) is 2.56. The van der Waals surface area contributed by atoms with Crippen LogP contribution in [0.5, 0.6) is 0 Å². The molecule has 3 aromatic rings. The molecular weight excluding hydrogens is 262 g/mol. The first-order valence-electron chi connectivity index (χ1n) is 5.65. The molecule has 0 radical (unpaired) electrons. The number of hydrogen-bond acceptors (Lipinski definition) is 4. The number of anilines is 1. The molecule has 94 valence electrons. The lowest BCUT2D eigenvalue weighted by Gasteiger charge is -2.07. The number of nitrogens with two attached hydrogens (primary N) is 1. The highest BCUT2D eigenvalue weighted by atomic mass is 35.5. The van der Waals surface area contributed by atoms with Gasteiger partial charge >= 0.3 is 0 Å². The van der Waals surface area contributed by atoms with Crippen molar-refractivity contribution in [2.45, 2.75) is 0 Å². The molecule has 0 saturated carbocycles. The Labute approximate surface area is 114 Å². The molecule has 0 saturated heterocycles. The number of benzene rings is 2. The van der Waals surface area contributed by atoms with E-state index in [0.717, 1.165) is 5.56 Å². The Morgan fingerprint density at radius 3 is 2.63 bits per heavy atom. The number of nitrogen functional groups attached to an aromatic ring is 1. The summed E-state index contributed by atoms with van der Waals surface area (Å²) < 4.78 is 1.58. The molecule has 0 unspecified atom stereocenters. The van der Waals surface area contributed by atoms with Crippen molar-refractivity contribution in [2.24, 2.45) is 0 Å². The molecule has 2 aromatic carbocycles. The third-order valence-electron chi connectivity index (χ3n) is 2.70. The number of tetrazole rings is 1. The third-order valence-corrected chi connectivity index (χ3v) is 3.02. The number of hydrogen-bond donors (Lipinski definition) is 1. The summed E-state index contributed by atoms with van der Waals surface area (Å²) in [5.74, 6) is 0.619. The second-order valence-corrected chi connectivity index (χ2v) is 4.40. The zero-order valence-corrected chi connectivity index (χ0v) is 10.6. The average molecular weight is 272 g/mol. The Hall–Kier alpha value is -2.40. The molecule has 0 atom stereocenters. The van der Waals surface area contributed by atoms with Crippen molar-refractivity contribution >= 4 is 17.3 Å². The molecule has 0 bridgehead atoms. The molecule has 2 N–H and O–H groups in total. The fraction of sp³-hybridized carbons (Fsp3) is 0. The van der Waals surface area contributed by atoms with Crippen molar-refractivity contribution < 1.29 is 0 Å². The van der Waals surface area contributed by atoms with Crippen LogP contribution in [0.1, 0.15) is 0 Å². The Kier molecular flexibility index (Phi) is 2.89. The maximum atomic E-state index is 6.18. The van der Waals surface area contributed by atoms with E-state index in [0.29, 0.717) is 22.2 Å². The maximum Gasteiger partial charge on any atom is 0.187 e. The minimum Gasteiger partial charge on any atom is -0.399 e. The quantitative estimate of drug-likeness (QED) is 0.727. The van der Waals surface area contributed by atoms with Crippen LogP contribution in [-0.2, 0) is 0 Å². The van der Waals surface area contributed by atoms with Gasteiger partial charge in [-0.2, -0.15) is 4.68 Å². The van der Waals surface area contributed by atoms with Gasteiger partial charge in [0.2, 0.25) is 0 Å². The van der Waals surface area contributed by atoms with Gasteiger partial charge in [-0.15, -0.1) is 5.10 Å². The zero-order chi connectivity index (χ0) is 13.2. The molecule has 0 aliphatic heterocycles. The van der Waals surface area contributed by atoms with E-state index in [-0.39, 0.29) is 0 Å². The maximum absolute atomic E-state index is 6.18. The van der Waals surface area contributed by atoms with Gasteiger partial charge in [-0.25, -0.2) is 0 Å². The molecule has 5 nitrogen and oxygen atoms in total. The lowest BCUT2D eigenvalue weighted by atomic mass is 10.2. The second-order valence-electron chi connectivity index (χ2n) is 3.99. The van der Waals surface area contributed by atoms with Crippen molar-refractivity contribution in [3.05, 3.63) is 53.6 Å². The second kappa shape index (κ2) is 4.70. The van der Waals surface area contributed by atoms with Crippen LogP contribution in [0.15, 0.2) is 48.5 Å². The van der Waals surface area contributed by atoms with Crippen LogP contribution in [0.25, 0.3) is 17.1 Å². The van der Waals surface area contributed by atoms with Gasteiger partial charge in [0.25, 0.3) is 0 Å². The largest absolute Gasteiger partial charge is 0.399 e. The highest BCUT2D eigenvalue weighted by Gasteiger charge is 2.13. The van der Waals surface area contributed by atoms with E-state index in [9.17, 15) is 0 Å². The number of halogens is 1. The lowest BCUT2D eigenvalue weighted by molar-refractivity contribution is 0.791. The van der Waals surface area contributed by atoms with E-state index < -0.39 is 0 Å². The van der Waals surface area contributed by atoms with Gasteiger partial charge in [-0.05, 0) is 28.6 Å². The fourth-order valence-electron chi connectivity index (χ4n) is 1.81. The summed E-state index contributed by atoms with van der Waals surface area (Å²) in [7, 11) is 0. The summed E-state index contributed by atoms with van der Waals surface area (Å²) in [6.45, 7) is 0. The van der Waals surface area contributed by atoms with Crippen molar-refractivity contribution in [1.29, 1.82) is 0 Å². The first kappa shape index (κ1) is 11.7. The van der Waals surface area contributed by atoms with Gasteiger partial charge in [0.1, 0.15) is 0 Å². The SMILES string of the molecule is Nc1ccc(Cl)c(-n2nnnc2-c2ccccc2)c1. The highest BCUT2D eigenvalue weighted by molar-refractivity contribution is 6.32. The number of rotatable bonds is 2. The van der Waals surface area contributed by atoms with E-state index in [1.165, 1.54) is 0 Å². The monoisotopic (exact) mass is 271 g/mol. The lowest BCUT2D eigenvalue weighted by Crippen LogP contribution is -2.01. The third kappa shape index (κ3) is 2.15. The standard InChI is InChI=1S/C13H10ClN5/c14-11-7-6-10(15)8-12(11)19-13(16-17-18-19)9-4-2-1-3-5-9/h1-8H,15H2. The smallest absolute Gasteiger partial charge is 0.187 e. The molecule has 3 rings (SSSR count). The molecule has 1 aromatic heterocycles. The van der Waals surface area contributed by atoms with E-state index in [1.807, 2.05) is 30.3 Å². The van der Waals surface area contributed by atoms with Crippen LogP contribution in [0.4, 0.5) is 5.69 Å². The van der Waals surface area contributed by atoms with E-state index in [4.69, 9.17) is 17.3 Å². The summed E-state index contributed by atoms with van der Waals surface area (Å²) in [5.41, 5.74) is 7.95. The van der Waals surface area contributed by atoms with Gasteiger partial charge < -0.3 is 5.73 Å². The Morgan fingerprint density at radius 1 is 1.05 bits per heavy atom. The molecular formula is C13H10ClN5.